The van der Waals surface area contributed by atoms with Gasteiger partial charge >= 0.3 is 0 Å². The van der Waals surface area contributed by atoms with E-state index in [1.807, 2.05) is 84.4 Å². The summed E-state index contributed by atoms with van der Waals surface area (Å²) in [5.41, 5.74) is 5.45. The molecule has 31 heavy (non-hydrogen) atoms. The number of nitrogens with zero attached hydrogens (tertiary/aromatic N) is 2. The predicted octanol–water partition coefficient (Wildman–Crippen LogP) is 5.00. The summed E-state index contributed by atoms with van der Waals surface area (Å²) in [5, 5.41) is 5.64. The standard InChI is InChI=1S/C24H22N4O2S/c1-16-11-12-28-14-22(27-23(28)13-16)18-3-5-20(6-4-18)26-24(30)15-31-21-9-7-19(8-10-21)25-17(2)29/h3-14H,15H2,1-2H3,(H,25,29)(H,26,30). The molecule has 0 fully saturated rings. The van der Waals surface area contributed by atoms with Crippen LogP contribution in [0.2, 0.25) is 0 Å². The topological polar surface area (TPSA) is 75.5 Å². The molecular weight excluding hydrogens is 408 g/mol. The Kier molecular flexibility index (Phi) is 6.04. The molecule has 0 aliphatic carbocycles. The fourth-order valence-electron chi connectivity index (χ4n) is 3.13. The molecule has 0 bridgehead atoms. The van der Waals surface area contributed by atoms with E-state index < -0.39 is 0 Å². The van der Waals surface area contributed by atoms with Crippen molar-refractivity contribution in [1.82, 2.24) is 9.38 Å². The molecule has 0 saturated carbocycles. The number of aryl methyl sites for hydroxylation is 1. The van der Waals surface area contributed by atoms with Gasteiger partial charge in [0.1, 0.15) is 5.65 Å². The molecule has 2 aromatic heterocycles. The lowest BCUT2D eigenvalue weighted by atomic mass is 10.1. The molecule has 0 unspecified atom stereocenters. The lowest BCUT2D eigenvalue weighted by Gasteiger charge is -2.07. The average molecular weight is 431 g/mol. The molecule has 0 saturated heterocycles. The summed E-state index contributed by atoms with van der Waals surface area (Å²) in [6, 6.07) is 19.2. The van der Waals surface area contributed by atoms with E-state index in [4.69, 9.17) is 0 Å². The third-order valence-corrected chi connectivity index (χ3v) is 5.64. The minimum absolute atomic E-state index is 0.0770. The highest BCUT2D eigenvalue weighted by Gasteiger charge is 2.07. The van der Waals surface area contributed by atoms with Gasteiger partial charge < -0.3 is 15.0 Å². The van der Waals surface area contributed by atoms with Crippen LogP contribution in [0.1, 0.15) is 12.5 Å². The van der Waals surface area contributed by atoms with Gasteiger partial charge in [0.05, 0.1) is 11.4 Å². The third-order valence-electron chi connectivity index (χ3n) is 4.62. The Hall–Kier alpha value is -3.58. The predicted molar refractivity (Wildman–Crippen MR) is 125 cm³/mol. The van der Waals surface area contributed by atoms with Crippen LogP contribution in [0.3, 0.4) is 0 Å². The van der Waals surface area contributed by atoms with Crippen LogP contribution in [0.25, 0.3) is 16.9 Å². The van der Waals surface area contributed by atoms with Crippen molar-refractivity contribution in [3.63, 3.8) is 0 Å². The van der Waals surface area contributed by atoms with E-state index in [1.54, 1.807) is 0 Å². The van der Waals surface area contributed by atoms with Gasteiger partial charge in [0.2, 0.25) is 11.8 Å². The number of imidazole rings is 1. The number of hydrogen-bond donors (Lipinski definition) is 2. The zero-order valence-electron chi connectivity index (χ0n) is 17.3. The normalized spacial score (nSPS) is 10.8. The fourth-order valence-corrected chi connectivity index (χ4v) is 3.83. The van der Waals surface area contributed by atoms with Crippen molar-refractivity contribution in [1.29, 1.82) is 0 Å². The van der Waals surface area contributed by atoms with Gasteiger partial charge in [0, 0.05) is 41.2 Å². The smallest absolute Gasteiger partial charge is 0.234 e. The van der Waals surface area contributed by atoms with Crippen LogP contribution in [-0.4, -0.2) is 27.0 Å². The first-order valence-corrected chi connectivity index (χ1v) is 10.8. The molecule has 4 rings (SSSR count). The summed E-state index contributed by atoms with van der Waals surface area (Å²) in [5.74, 6) is 0.112. The zero-order valence-corrected chi connectivity index (χ0v) is 18.1. The van der Waals surface area contributed by atoms with Gasteiger partial charge in [-0.15, -0.1) is 11.8 Å². The highest BCUT2D eigenvalue weighted by molar-refractivity contribution is 8.00. The van der Waals surface area contributed by atoms with Crippen LogP contribution in [-0.2, 0) is 9.59 Å². The maximum atomic E-state index is 12.3. The Labute approximate surface area is 184 Å². The number of pyridine rings is 1. The number of nitrogens with one attached hydrogen (secondary N) is 2. The average Bonchev–Trinajstić information content (AvgIpc) is 3.16. The molecule has 0 spiro atoms. The summed E-state index contributed by atoms with van der Waals surface area (Å²) >= 11 is 1.44. The highest BCUT2D eigenvalue weighted by atomic mass is 32.2. The first kappa shape index (κ1) is 20.7. The summed E-state index contributed by atoms with van der Waals surface area (Å²) < 4.78 is 2.00. The van der Waals surface area contributed by atoms with Gasteiger partial charge in [0.25, 0.3) is 0 Å². The van der Waals surface area contributed by atoms with E-state index in [-0.39, 0.29) is 11.8 Å². The number of thioether (sulfide) groups is 1. The third kappa shape index (κ3) is 5.32. The second-order valence-electron chi connectivity index (χ2n) is 7.22. The number of aromatic nitrogens is 2. The first-order chi connectivity index (χ1) is 15.0. The number of amides is 2. The Morgan fingerprint density at radius 3 is 2.35 bits per heavy atom. The Morgan fingerprint density at radius 1 is 0.968 bits per heavy atom. The molecular formula is C24H22N4O2S. The Balaban J connectivity index is 1.33. The largest absolute Gasteiger partial charge is 0.326 e. The monoisotopic (exact) mass is 430 g/mol. The van der Waals surface area contributed by atoms with Crippen LogP contribution in [0.15, 0.2) is 78.0 Å². The van der Waals surface area contributed by atoms with Crippen molar-refractivity contribution in [2.24, 2.45) is 0 Å². The van der Waals surface area contributed by atoms with Crippen molar-refractivity contribution < 1.29 is 9.59 Å². The fraction of sp³-hybridized carbons (Fsp3) is 0.125. The van der Waals surface area contributed by atoms with E-state index in [0.29, 0.717) is 5.75 Å². The molecule has 2 N–H and O–H groups in total. The van der Waals surface area contributed by atoms with Crippen LogP contribution >= 0.6 is 11.8 Å². The van der Waals surface area contributed by atoms with Crippen molar-refractivity contribution in [3.8, 4) is 11.3 Å². The minimum Gasteiger partial charge on any atom is -0.326 e. The molecule has 0 radical (unpaired) electrons. The van der Waals surface area contributed by atoms with Crippen LogP contribution in [0.5, 0.6) is 0 Å². The molecule has 2 heterocycles. The molecule has 156 valence electrons. The Bertz CT molecular complexity index is 1230. The number of carbonyl (C=O) groups is 2. The van der Waals surface area contributed by atoms with Crippen molar-refractivity contribution in [2.75, 3.05) is 16.4 Å². The number of anilines is 2. The van der Waals surface area contributed by atoms with Gasteiger partial charge in [-0.1, -0.05) is 12.1 Å². The molecule has 7 heteroatoms. The van der Waals surface area contributed by atoms with E-state index in [9.17, 15) is 9.59 Å². The molecule has 0 atom stereocenters. The maximum absolute atomic E-state index is 12.3. The number of hydrogen-bond acceptors (Lipinski definition) is 4. The van der Waals surface area contributed by atoms with Crippen molar-refractivity contribution >= 4 is 40.6 Å². The number of carbonyl (C=O) groups excluding carboxylic acids is 2. The zero-order chi connectivity index (χ0) is 21.8. The molecule has 6 nitrogen and oxygen atoms in total. The lowest BCUT2D eigenvalue weighted by molar-refractivity contribution is -0.114. The van der Waals surface area contributed by atoms with Gasteiger partial charge in [-0.05, 0) is 61.0 Å². The molecule has 0 aliphatic heterocycles. The van der Waals surface area contributed by atoms with Crippen molar-refractivity contribution in [2.45, 2.75) is 18.7 Å². The summed E-state index contributed by atoms with van der Waals surface area (Å²) in [6.45, 7) is 3.52. The Morgan fingerprint density at radius 2 is 1.65 bits per heavy atom. The SMILES string of the molecule is CC(=O)Nc1ccc(SCC(=O)Nc2ccc(-c3cn4ccc(C)cc4n3)cc2)cc1. The van der Waals surface area contributed by atoms with Gasteiger partial charge in [-0.3, -0.25) is 9.59 Å². The van der Waals surface area contributed by atoms with E-state index in [1.165, 1.54) is 24.2 Å². The van der Waals surface area contributed by atoms with Gasteiger partial charge in [-0.2, -0.15) is 0 Å². The van der Waals surface area contributed by atoms with E-state index in [0.717, 1.165) is 33.2 Å². The molecule has 2 aromatic carbocycles. The quantitative estimate of drug-likeness (QED) is 0.422. The highest BCUT2D eigenvalue weighted by Crippen LogP contribution is 2.23. The van der Waals surface area contributed by atoms with Crippen molar-refractivity contribution in [3.05, 3.63) is 78.6 Å². The van der Waals surface area contributed by atoms with Crippen LogP contribution < -0.4 is 10.6 Å². The summed E-state index contributed by atoms with van der Waals surface area (Å²) in [6.07, 6.45) is 4.00. The number of rotatable bonds is 6. The summed E-state index contributed by atoms with van der Waals surface area (Å²) in [4.78, 5) is 29.0. The number of fused-ring (bicyclic) bond motifs is 1. The second kappa shape index (κ2) is 9.06. The molecule has 2 amide bonds. The second-order valence-corrected chi connectivity index (χ2v) is 8.26. The van der Waals surface area contributed by atoms with E-state index in [2.05, 4.69) is 15.6 Å². The molecule has 4 aromatic rings. The van der Waals surface area contributed by atoms with Crippen LogP contribution in [0, 0.1) is 6.92 Å². The van der Waals surface area contributed by atoms with Crippen LogP contribution in [0.4, 0.5) is 11.4 Å². The lowest BCUT2D eigenvalue weighted by Crippen LogP contribution is -2.13. The first-order valence-electron chi connectivity index (χ1n) is 9.82. The summed E-state index contributed by atoms with van der Waals surface area (Å²) in [7, 11) is 0. The number of benzene rings is 2. The van der Waals surface area contributed by atoms with Gasteiger partial charge in [-0.25, -0.2) is 4.98 Å². The van der Waals surface area contributed by atoms with E-state index >= 15 is 0 Å². The molecule has 0 aliphatic rings. The minimum atomic E-state index is -0.109. The maximum Gasteiger partial charge on any atom is 0.234 e. The van der Waals surface area contributed by atoms with Gasteiger partial charge in [0.15, 0.2) is 0 Å².